The standard InChI is InChI=1S/C23H28Cl2N2O3/c1-3-13-26-23(29)17(2)27(16-18-11-12-19(24)15-21(18)25)22(28)10-7-14-30-20-8-5-4-6-9-20/h4-6,8-9,11-12,15,17H,3,7,10,13-14,16H2,1-2H3,(H,26,29)/t17-/m1/s1. The van der Waals surface area contributed by atoms with Crippen LogP contribution in [-0.2, 0) is 16.1 Å². The predicted molar refractivity (Wildman–Crippen MR) is 121 cm³/mol. The molecular formula is C23H28Cl2N2O3. The number of nitrogens with one attached hydrogen (secondary N) is 1. The lowest BCUT2D eigenvalue weighted by molar-refractivity contribution is -0.140. The quantitative estimate of drug-likeness (QED) is 0.484. The Kier molecular flexibility index (Phi) is 9.98. The highest BCUT2D eigenvalue weighted by molar-refractivity contribution is 6.35. The summed E-state index contributed by atoms with van der Waals surface area (Å²) in [4.78, 5) is 27.0. The lowest BCUT2D eigenvalue weighted by Crippen LogP contribution is -2.47. The second-order valence-corrected chi connectivity index (χ2v) is 7.83. The highest BCUT2D eigenvalue weighted by Crippen LogP contribution is 2.23. The molecule has 0 bridgehead atoms. The van der Waals surface area contributed by atoms with Gasteiger partial charge in [-0.1, -0.05) is 54.4 Å². The first-order valence-electron chi connectivity index (χ1n) is 10.1. The van der Waals surface area contributed by atoms with Crippen molar-refractivity contribution in [3.8, 4) is 5.75 Å². The summed E-state index contributed by atoms with van der Waals surface area (Å²) in [6.07, 6.45) is 1.64. The third kappa shape index (κ3) is 7.54. The first-order chi connectivity index (χ1) is 14.4. The van der Waals surface area contributed by atoms with E-state index in [0.29, 0.717) is 29.6 Å². The van der Waals surface area contributed by atoms with Crippen LogP contribution < -0.4 is 10.1 Å². The van der Waals surface area contributed by atoms with Crippen molar-refractivity contribution in [3.05, 3.63) is 64.1 Å². The summed E-state index contributed by atoms with van der Waals surface area (Å²) in [5.74, 6) is 0.453. The normalized spacial score (nSPS) is 11.6. The van der Waals surface area contributed by atoms with Crippen molar-refractivity contribution in [2.45, 2.75) is 45.7 Å². The van der Waals surface area contributed by atoms with Crippen LogP contribution in [0, 0.1) is 0 Å². The largest absolute Gasteiger partial charge is 0.494 e. The fourth-order valence-electron chi connectivity index (χ4n) is 2.89. The molecule has 7 heteroatoms. The van der Waals surface area contributed by atoms with E-state index in [-0.39, 0.29) is 24.8 Å². The van der Waals surface area contributed by atoms with Gasteiger partial charge in [0.2, 0.25) is 11.8 Å². The third-order valence-corrected chi connectivity index (χ3v) is 5.21. The molecule has 2 aromatic rings. The molecule has 0 aliphatic carbocycles. The Bertz CT molecular complexity index is 830. The Morgan fingerprint density at radius 2 is 1.87 bits per heavy atom. The van der Waals surface area contributed by atoms with E-state index >= 15 is 0 Å². The molecule has 2 amide bonds. The molecule has 0 aliphatic rings. The summed E-state index contributed by atoms with van der Waals surface area (Å²) < 4.78 is 5.66. The minimum atomic E-state index is -0.620. The van der Waals surface area contributed by atoms with Gasteiger partial charge in [-0.3, -0.25) is 9.59 Å². The average molecular weight is 451 g/mol. The van der Waals surface area contributed by atoms with Crippen LogP contribution in [0.15, 0.2) is 48.5 Å². The number of carbonyl (C=O) groups is 2. The maximum atomic E-state index is 13.0. The Hall–Kier alpha value is -2.24. The summed E-state index contributed by atoms with van der Waals surface area (Å²) in [6.45, 7) is 4.93. The zero-order valence-corrected chi connectivity index (χ0v) is 18.9. The number of nitrogens with zero attached hydrogens (tertiary/aromatic N) is 1. The highest BCUT2D eigenvalue weighted by atomic mass is 35.5. The van der Waals surface area contributed by atoms with Crippen molar-refractivity contribution < 1.29 is 14.3 Å². The van der Waals surface area contributed by atoms with Crippen LogP contribution in [0.1, 0.15) is 38.7 Å². The van der Waals surface area contributed by atoms with Gasteiger partial charge in [0.1, 0.15) is 11.8 Å². The van der Waals surface area contributed by atoms with Gasteiger partial charge in [0.05, 0.1) is 6.61 Å². The minimum Gasteiger partial charge on any atom is -0.494 e. The van der Waals surface area contributed by atoms with E-state index in [1.807, 2.05) is 37.3 Å². The second kappa shape index (κ2) is 12.5. The SMILES string of the molecule is CCCNC(=O)[C@@H](C)N(Cc1ccc(Cl)cc1Cl)C(=O)CCCOc1ccccc1. The van der Waals surface area contributed by atoms with Crippen molar-refractivity contribution in [2.75, 3.05) is 13.2 Å². The first-order valence-corrected chi connectivity index (χ1v) is 10.9. The predicted octanol–water partition coefficient (Wildman–Crippen LogP) is 5.10. The molecule has 0 fully saturated rings. The third-order valence-electron chi connectivity index (χ3n) is 4.62. The van der Waals surface area contributed by atoms with Crippen LogP contribution >= 0.6 is 23.2 Å². The summed E-state index contributed by atoms with van der Waals surface area (Å²) in [5.41, 5.74) is 0.741. The van der Waals surface area contributed by atoms with E-state index in [0.717, 1.165) is 17.7 Å². The Balaban J connectivity index is 2.03. The molecule has 1 atom stereocenters. The van der Waals surface area contributed by atoms with Crippen molar-refractivity contribution in [3.63, 3.8) is 0 Å². The number of hydrogen-bond donors (Lipinski definition) is 1. The van der Waals surface area contributed by atoms with Crippen LogP contribution in [-0.4, -0.2) is 35.9 Å². The van der Waals surface area contributed by atoms with Crippen LogP contribution in [0.25, 0.3) is 0 Å². The van der Waals surface area contributed by atoms with Crippen molar-refractivity contribution >= 4 is 35.0 Å². The molecule has 0 saturated carbocycles. The Morgan fingerprint density at radius 3 is 2.53 bits per heavy atom. The van der Waals surface area contributed by atoms with Gasteiger partial charge >= 0.3 is 0 Å². The van der Waals surface area contributed by atoms with Crippen LogP contribution in [0.5, 0.6) is 5.75 Å². The highest BCUT2D eigenvalue weighted by Gasteiger charge is 2.26. The number of benzene rings is 2. The first kappa shape index (κ1) is 24.0. The number of hydrogen-bond acceptors (Lipinski definition) is 3. The number of halogens is 2. The molecule has 0 aliphatic heterocycles. The van der Waals surface area contributed by atoms with Gasteiger partial charge in [-0.2, -0.15) is 0 Å². The monoisotopic (exact) mass is 450 g/mol. The Labute approximate surface area is 188 Å². The Morgan fingerprint density at radius 1 is 1.13 bits per heavy atom. The molecular weight excluding hydrogens is 423 g/mol. The molecule has 0 saturated heterocycles. The van der Waals surface area contributed by atoms with E-state index in [1.54, 1.807) is 30.0 Å². The van der Waals surface area contributed by atoms with Crippen molar-refractivity contribution in [2.24, 2.45) is 0 Å². The number of ether oxygens (including phenoxy) is 1. The number of carbonyl (C=O) groups excluding carboxylic acids is 2. The molecule has 5 nitrogen and oxygen atoms in total. The van der Waals surface area contributed by atoms with Crippen molar-refractivity contribution in [1.29, 1.82) is 0 Å². The average Bonchev–Trinajstić information content (AvgIpc) is 2.74. The molecule has 0 radical (unpaired) electrons. The molecule has 2 rings (SSSR count). The lowest BCUT2D eigenvalue weighted by Gasteiger charge is -2.29. The van der Waals surface area contributed by atoms with Gasteiger partial charge in [0, 0.05) is 29.6 Å². The van der Waals surface area contributed by atoms with Gasteiger partial charge in [-0.15, -0.1) is 0 Å². The minimum absolute atomic E-state index is 0.128. The fourth-order valence-corrected chi connectivity index (χ4v) is 3.35. The summed E-state index contributed by atoms with van der Waals surface area (Å²) in [5, 5.41) is 3.84. The molecule has 1 N–H and O–H groups in total. The summed E-state index contributed by atoms with van der Waals surface area (Å²) in [7, 11) is 0. The van der Waals surface area contributed by atoms with Gasteiger partial charge in [-0.25, -0.2) is 0 Å². The summed E-state index contributed by atoms with van der Waals surface area (Å²) >= 11 is 12.3. The zero-order chi connectivity index (χ0) is 21.9. The van der Waals surface area contributed by atoms with E-state index < -0.39 is 6.04 Å². The van der Waals surface area contributed by atoms with Gasteiger partial charge in [-0.05, 0) is 49.6 Å². The van der Waals surface area contributed by atoms with E-state index in [9.17, 15) is 9.59 Å². The molecule has 0 unspecified atom stereocenters. The van der Waals surface area contributed by atoms with Gasteiger partial charge in [0.25, 0.3) is 0 Å². The van der Waals surface area contributed by atoms with Crippen molar-refractivity contribution in [1.82, 2.24) is 10.2 Å². The lowest BCUT2D eigenvalue weighted by atomic mass is 10.1. The van der Waals surface area contributed by atoms with Crippen LogP contribution in [0.2, 0.25) is 10.0 Å². The molecule has 0 aromatic heterocycles. The molecule has 162 valence electrons. The van der Waals surface area contributed by atoms with Crippen LogP contribution in [0.4, 0.5) is 0 Å². The number of amides is 2. The zero-order valence-electron chi connectivity index (χ0n) is 17.4. The number of rotatable bonds is 11. The second-order valence-electron chi connectivity index (χ2n) is 6.99. The molecule has 0 spiro atoms. The maximum absolute atomic E-state index is 13.0. The fraction of sp³-hybridized carbons (Fsp3) is 0.391. The van der Waals surface area contributed by atoms with E-state index in [2.05, 4.69) is 5.32 Å². The smallest absolute Gasteiger partial charge is 0.242 e. The molecule has 30 heavy (non-hydrogen) atoms. The van der Waals surface area contributed by atoms with Gasteiger partial charge < -0.3 is 15.0 Å². The van der Waals surface area contributed by atoms with Crippen LogP contribution in [0.3, 0.4) is 0 Å². The number of para-hydroxylation sites is 1. The molecule has 2 aromatic carbocycles. The topological polar surface area (TPSA) is 58.6 Å². The van der Waals surface area contributed by atoms with E-state index in [1.165, 1.54) is 0 Å². The van der Waals surface area contributed by atoms with Gasteiger partial charge in [0.15, 0.2) is 0 Å². The van der Waals surface area contributed by atoms with E-state index in [4.69, 9.17) is 27.9 Å². The summed E-state index contributed by atoms with van der Waals surface area (Å²) in [6, 6.07) is 14.0. The maximum Gasteiger partial charge on any atom is 0.242 e. The molecule has 0 heterocycles.